The fourth-order valence-corrected chi connectivity index (χ4v) is 1.72. The van der Waals surface area contributed by atoms with E-state index in [2.05, 4.69) is 15.5 Å². The van der Waals surface area contributed by atoms with Gasteiger partial charge in [-0.1, -0.05) is 12.1 Å². The van der Waals surface area contributed by atoms with Crippen molar-refractivity contribution in [2.24, 2.45) is 5.10 Å². The Morgan fingerprint density at radius 1 is 1.15 bits per heavy atom. The molecule has 0 aliphatic rings. The van der Waals surface area contributed by atoms with E-state index in [1.165, 1.54) is 18.3 Å². The summed E-state index contributed by atoms with van der Waals surface area (Å²) in [6.07, 6.45) is 1.41. The van der Waals surface area contributed by atoms with Crippen molar-refractivity contribution in [2.45, 2.75) is 0 Å². The molecule has 0 fully saturated rings. The minimum Gasteiger partial charge on any atom is -0.508 e. The van der Waals surface area contributed by atoms with Crippen LogP contribution >= 0.6 is 0 Å². The molecule has 0 spiro atoms. The van der Waals surface area contributed by atoms with E-state index >= 15 is 0 Å². The molecule has 20 heavy (non-hydrogen) atoms. The first kappa shape index (κ1) is 12.0. The number of para-hydroxylation sites is 2. The summed E-state index contributed by atoms with van der Waals surface area (Å²) >= 11 is 0. The van der Waals surface area contributed by atoms with Crippen LogP contribution in [-0.4, -0.2) is 21.4 Å². The highest BCUT2D eigenvalue weighted by Crippen LogP contribution is 2.21. The van der Waals surface area contributed by atoms with Crippen molar-refractivity contribution in [1.29, 1.82) is 0 Å². The van der Waals surface area contributed by atoms with Crippen LogP contribution in [0.3, 0.4) is 0 Å². The van der Waals surface area contributed by atoms with E-state index in [4.69, 9.17) is 4.42 Å². The maximum absolute atomic E-state index is 9.58. The first-order valence-corrected chi connectivity index (χ1v) is 5.89. The van der Waals surface area contributed by atoms with Gasteiger partial charge in [0.1, 0.15) is 17.0 Å². The van der Waals surface area contributed by atoms with Gasteiger partial charge in [-0.2, -0.15) is 10.1 Å². The van der Waals surface area contributed by atoms with Gasteiger partial charge in [0.05, 0.1) is 6.21 Å². The molecule has 6 nitrogen and oxygen atoms in total. The van der Waals surface area contributed by atoms with Gasteiger partial charge in [-0.15, -0.1) is 0 Å². The molecular weight excluding hydrogens is 258 g/mol. The normalized spacial score (nSPS) is 11.2. The standard InChI is InChI=1S/C14H11N3O3/c18-10-6-5-9(12(19)7-10)8-15-17-14-16-11-3-1-2-4-13(11)20-14/h1-8,18-19H,(H,16,17)/b15-8-. The number of phenolic OH excluding ortho intramolecular Hbond substituents is 2. The number of fused-ring (bicyclic) bond motifs is 1. The van der Waals surface area contributed by atoms with Crippen LogP contribution in [0.5, 0.6) is 11.5 Å². The number of benzene rings is 2. The van der Waals surface area contributed by atoms with E-state index in [1.54, 1.807) is 6.07 Å². The SMILES string of the molecule is Oc1ccc(/C=N\Nc2nc3ccccc3o2)c(O)c1. The Labute approximate surface area is 114 Å². The Kier molecular flexibility index (Phi) is 2.96. The molecule has 1 heterocycles. The summed E-state index contributed by atoms with van der Waals surface area (Å²) in [6, 6.07) is 11.9. The molecule has 3 aromatic rings. The second-order valence-electron chi connectivity index (χ2n) is 4.10. The average Bonchev–Trinajstić information content (AvgIpc) is 2.84. The summed E-state index contributed by atoms with van der Waals surface area (Å²) in [4.78, 5) is 4.19. The quantitative estimate of drug-likeness (QED) is 0.502. The Balaban J connectivity index is 1.76. The van der Waals surface area contributed by atoms with E-state index in [9.17, 15) is 10.2 Å². The van der Waals surface area contributed by atoms with Crippen LogP contribution < -0.4 is 5.43 Å². The summed E-state index contributed by atoms with van der Waals surface area (Å²) in [5, 5.41) is 22.7. The van der Waals surface area contributed by atoms with Crippen LogP contribution in [0.1, 0.15) is 5.56 Å². The molecule has 3 N–H and O–H groups in total. The third kappa shape index (κ3) is 2.39. The summed E-state index contributed by atoms with van der Waals surface area (Å²) in [5.41, 5.74) is 4.51. The molecule has 0 saturated heterocycles. The fraction of sp³-hybridized carbons (Fsp3) is 0. The molecule has 0 radical (unpaired) electrons. The van der Waals surface area contributed by atoms with Crippen molar-refractivity contribution < 1.29 is 14.6 Å². The van der Waals surface area contributed by atoms with Crippen molar-refractivity contribution in [3.8, 4) is 11.5 Å². The number of hydrogen-bond acceptors (Lipinski definition) is 6. The number of nitrogens with one attached hydrogen (secondary N) is 1. The molecule has 0 amide bonds. The number of rotatable bonds is 3. The van der Waals surface area contributed by atoms with Crippen LogP contribution in [0.15, 0.2) is 52.0 Å². The van der Waals surface area contributed by atoms with Crippen molar-refractivity contribution >= 4 is 23.3 Å². The Morgan fingerprint density at radius 2 is 2.00 bits per heavy atom. The first-order valence-electron chi connectivity index (χ1n) is 5.89. The number of anilines is 1. The minimum absolute atomic E-state index is 0.00781. The van der Waals surface area contributed by atoms with Crippen LogP contribution in [0.4, 0.5) is 6.01 Å². The molecule has 0 bridgehead atoms. The van der Waals surface area contributed by atoms with E-state index in [1.807, 2.05) is 24.3 Å². The van der Waals surface area contributed by atoms with E-state index < -0.39 is 0 Å². The van der Waals surface area contributed by atoms with E-state index in [0.717, 1.165) is 5.52 Å². The second kappa shape index (κ2) is 4.93. The number of oxazole rings is 1. The maximum atomic E-state index is 9.58. The lowest BCUT2D eigenvalue weighted by Crippen LogP contribution is -1.90. The van der Waals surface area contributed by atoms with Crippen molar-refractivity contribution in [1.82, 2.24) is 4.98 Å². The van der Waals surface area contributed by atoms with Crippen LogP contribution in [0.25, 0.3) is 11.1 Å². The molecule has 0 aliphatic carbocycles. The highest BCUT2D eigenvalue weighted by atomic mass is 16.4. The monoisotopic (exact) mass is 269 g/mol. The lowest BCUT2D eigenvalue weighted by Gasteiger charge is -1.98. The molecule has 0 saturated carbocycles. The number of phenols is 2. The Hall–Kier alpha value is -3.02. The number of hydrazone groups is 1. The largest absolute Gasteiger partial charge is 0.508 e. The lowest BCUT2D eigenvalue weighted by molar-refractivity contribution is 0.450. The van der Waals surface area contributed by atoms with Gasteiger partial charge in [0, 0.05) is 11.6 Å². The summed E-state index contributed by atoms with van der Waals surface area (Å²) in [6.45, 7) is 0. The zero-order chi connectivity index (χ0) is 13.9. The van der Waals surface area contributed by atoms with Crippen molar-refractivity contribution in [3.63, 3.8) is 0 Å². The van der Waals surface area contributed by atoms with Crippen LogP contribution in [0, 0.1) is 0 Å². The van der Waals surface area contributed by atoms with Crippen LogP contribution in [-0.2, 0) is 0 Å². The maximum Gasteiger partial charge on any atom is 0.316 e. The average molecular weight is 269 g/mol. The molecule has 3 rings (SSSR count). The fourth-order valence-electron chi connectivity index (χ4n) is 1.72. The van der Waals surface area contributed by atoms with Crippen LogP contribution in [0.2, 0.25) is 0 Å². The molecule has 0 aliphatic heterocycles. The number of aromatic hydroxyl groups is 2. The molecule has 6 heteroatoms. The zero-order valence-corrected chi connectivity index (χ0v) is 10.3. The molecular formula is C14H11N3O3. The van der Waals surface area contributed by atoms with Gasteiger partial charge in [0.2, 0.25) is 0 Å². The van der Waals surface area contributed by atoms with E-state index in [0.29, 0.717) is 11.1 Å². The third-order valence-electron chi connectivity index (χ3n) is 2.67. The summed E-state index contributed by atoms with van der Waals surface area (Å²) in [7, 11) is 0. The highest BCUT2D eigenvalue weighted by Gasteiger charge is 2.03. The molecule has 0 unspecified atom stereocenters. The minimum atomic E-state index is -0.0619. The van der Waals surface area contributed by atoms with E-state index in [-0.39, 0.29) is 17.5 Å². The molecule has 2 aromatic carbocycles. The molecule has 1 aromatic heterocycles. The van der Waals surface area contributed by atoms with Gasteiger partial charge in [-0.3, -0.25) is 0 Å². The predicted octanol–water partition coefficient (Wildman–Crippen LogP) is 2.69. The van der Waals surface area contributed by atoms with Gasteiger partial charge < -0.3 is 14.6 Å². The van der Waals surface area contributed by atoms with Gasteiger partial charge >= 0.3 is 6.01 Å². The van der Waals surface area contributed by atoms with Crippen molar-refractivity contribution in [3.05, 3.63) is 48.0 Å². The second-order valence-corrected chi connectivity index (χ2v) is 4.10. The number of aromatic nitrogens is 1. The summed E-state index contributed by atoms with van der Waals surface area (Å²) in [5.74, 6) is -0.0697. The smallest absolute Gasteiger partial charge is 0.316 e. The lowest BCUT2D eigenvalue weighted by atomic mass is 10.2. The molecule has 100 valence electrons. The highest BCUT2D eigenvalue weighted by molar-refractivity contribution is 5.84. The van der Waals surface area contributed by atoms with Gasteiger partial charge in [0.25, 0.3) is 0 Å². The first-order chi connectivity index (χ1) is 9.72. The molecule has 0 atom stereocenters. The number of hydrogen-bond donors (Lipinski definition) is 3. The van der Waals surface area contributed by atoms with Gasteiger partial charge in [-0.25, -0.2) is 5.43 Å². The number of nitrogens with zero attached hydrogens (tertiary/aromatic N) is 2. The zero-order valence-electron chi connectivity index (χ0n) is 10.3. The third-order valence-corrected chi connectivity index (χ3v) is 2.67. The summed E-state index contributed by atoms with van der Waals surface area (Å²) < 4.78 is 5.42. The van der Waals surface area contributed by atoms with Crippen molar-refractivity contribution in [2.75, 3.05) is 5.43 Å². The van der Waals surface area contributed by atoms with Gasteiger partial charge in [-0.05, 0) is 24.3 Å². The Morgan fingerprint density at radius 3 is 2.80 bits per heavy atom. The Bertz CT molecular complexity index is 747. The van der Waals surface area contributed by atoms with Gasteiger partial charge in [0.15, 0.2) is 5.58 Å². The predicted molar refractivity (Wildman–Crippen MR) is 75.0 cm³/mol. The topological polar surface area (TPSA) is 90.9 Å².